The molecule has 4 aromatic rings. The zero-order chi connectivity index (χ0) is 15.8. The lowest BCUT2D eigenvalue weighted by Gasteiger charge is -2.09. The Hall–Kier alpha value is -3.13. The van der Waals surface area contributed by atoms with Crippen molar-refractivity contribution in [1.82, 2.24) is 0 Å². The number of benzene rings is 4. The van der Waals surface area contributed by atoms with E-state index in [0.29, 0.717) is 5.75 Å². The monoisotopic (exact) mass is 298 g/mol. The van der Waals surface area contributed by atoms with Gasteiger partial charge in [-0.05, 0) is 57.3 Å². The standard InChI is InChI=1S/C21H14O2/c1-2-21(22)23-20-9-5-8-16-12-17-10-14-6-3-4-7-15(14)11-18(17)13-19(16)20/h2-13H,1H2. The molecule has 0 saturated heterocycles. The van der Waals surface area contributed by atoms with Crippen LogP contribution in [0.2, 0.25) is 0 Å². The van der Waals surface area contributed by atoms with Crippen LogP contribution < -0.4 is 4.74 Å². The third-order valence-corrected chi connectivity index (χ3v) is 4.04. The molecule has 0 aliphatic heterocycles. The number of rotatable bonds is 2. The van der Waals surface area contributed by atoms with Crippen molar-refractivity contribution in [2.24, 2.45) is 0 Å². The molecule has 0 amide bonds. The van der Waals surface area contributed by atoms with Crippen LogP contribution in [0.4, 0.5) is 0 Å². The highest BCUT2D eigenvalue weighted by molar-refractivity contribution is 6.06. The lowest BCUT2D eigenvalue weighted by atomic mass is 9.99. The number of hydrogen-bond acceptors (Lipinski definition) is 2. The Labute approximate surface area is 133 Å². The Morgan fingerprint density at radius 3 is 2.09 bits per heavy atom. The molecule has 0 aliphatic carbocycles. The third kappa shape index (κ3) is 2.34. The maximum Gasteiger partial charge on any atom is 0.335 e. The predicted molar refractivity (Wildman–Crippen MR) is 94.8 cm³/mol. The van der Waals surface area contributed by atoms with Crippen molar-refractivity contribution in [1.29, 1.82) is 0 Å². The molecule has 0 heterocycles. The third-order valence-electron chi connectivity index (χ3n) is 4.04. The van der Waals surface area contributed by atoms with E-state index >= 15 is 0 Å². The van der Waals surface area contributed by atoms with Gasteiger partial charge in [-0.2, -0.15) is 0 Å². The molecule has 2 heteroatoms. The number of hydrogen-bond donors (Lipinski definition) is 0. The van der Waals surface area contributed by atoms with Gasteiger partial charge in [0.05, 0.1) is 0 Å². The maximum atomic E-state index is 11.5. The molecule has 0 fully saturated rings. The Bertz CT molecular complexity index is 1080. The molecule has 4 rings (SSSR count). The molecule has 0 aliphatic rings. The van der Waals surface area contributed by atoms with Crippen molar-refractivity contribution >= 4 is 38.3 Å². The highest BCUT2D eigenvalue weighted by Crippen LogP contribution is 2.32. The SMILES string of the molecule is C=CC(=O)Oc1cccc2cc3cc4ccccc4cc3cc12. The van der Waals surface area contributed by atoms with Gasteiger partial charge in [-0.3, -0.25) is 0 Å². The molecule has 0 bridgehead atoms. The number of esters is 1. The largest absolute Gasteiger partial charge is 0.423 e. The van der Waals surface area contributed by atoms with Gasteiger partial charge in [0, 0.05) is 11.5 Å². The fourth-order valence-electron chi connectivity index (χ4n) is 2.93. The van der Waals surface area contributed by atoms with Crippen LogP contribution in [0.3, 0.4) is 0 Å². The Balaban J connectivity index is 2.01. The Kier molecular flexibility index (Phi) is 3.09. The Morgan fingerprint density at radius 2 is 1.39 bits per heavy atom. The second-order valence-corrected chi connectivity index (χ2v) is 5.50. The summed E-state index contributed by atoms with van der Waals surface area (Å²) in [5, 5.41) is 6.67. The van der Waals surface area contributed by atoms with E-state index in [2.05, 4.69) is 43.0 Å². The predicted octanol–water partition coefficient (Wildman–Crippen LogP) is 5.24. The second kappa shape index (κ2) is 5.25. The van der Waals surface area contributed by atoms with E-state index in [9.17, 15) is 4.79 Å². The first kappa shape index (κ1) is 13.5. The lowest BCUT2D eigenvalue weighted by Crippen LogP contribution is -2.03. The van der Waals surface area contributed by atoms with E-state index < -0.39 is 5.97 Å². The minimum Gasteiger partial charge on any atom is -0.423 e. The summed E-state index contributed by atoms with van der Waals surface area (Å²) in [4.78, 5) is 11.5. The quantitative estimate of drug-likeness (QED) is 0.219. The molecule has 0 atom stereocenters. The summed E-state index contributed by atoms with van der Waals surface area (Å²) in [6.07, 6.45) is 1.17. The summed E-state index contributed by atoms with van der Waals surface area (Å²) in [6.45, 7) is 3.45. The average molecular weight is 298 g/mol. The molecular weight excluding hydrogens is 284 g/mol. The smallest absolute Gasteiger partial charge is 0.335 e. The van der Waals surface area contributed by atoms with Gasteiger partial charge < -0.3 is 4.74 Å². The molecule has 0 spiro atoms. The topological polar surface area (TPSA) is 26.3 Å². The first-order valence-electron chi connectivity index (χ1n) is 7.44. The fraction of sp³-hybridized carbons (Fsp3) is 0. The summed E-state index contributed by atoms with van der Waals surface area (Å²) >= 11 is 0. The molecule has 0 N–H and O–H groups in total. The van der Waals surface area contributed by atoms with E-state index in [1.807, 2.05) is 24.3 Å². The number of ether oxygens (including phenoxy) is 1. The van der Waals surface area contributed by atoms with Crippen molar-refractivity contribution < 1.29 is 9.53 Å². The molecule has 4 aromatic carbocycles. The van der Waals surface area contributed by atoms with Crippen LogP contribution in [0.1, 0.15) is 0 Å². The van der Waals surface area contributed by atoms with E-state index in [-0.39, 0.29) is 0 Å². The first-order chi connectivity index (χ1) is 11.2. The molecule has 23 heavy (non-hydrogen) atoms. The minimum atomic E-state index is -0.448. The number of fused-ring (bicyclic) bond motifs is 3. The van der Waals surface area contributed by atoms with Crippen molar-refractivity contribution in [3.8, 4) is 5.75 Å². The normalized spacial score (nSPS) is 11.0. The van der Waals surface area contributed by atoms with Crippen LogP contribution in [0.25, 0.3) is 32.3 Å². The molecule has 0 saturated carbocycles. The van der Waals surface area contributed by atoms with Gasteiger partial charge in [-0.25, -0.2) is 4.79 Å². The van der Waals surface area contributed by atoms with Crippen LogP contribution in [0.15, 0.2) is 79.4 Å². The maximum absolute atomic E-state index is 11.5. The van der Waals surface area contributed by atoms with Gasteiger partial charge >= 0.3 is 5.97 Å². The highest BCUT2D eigenvalue weighted by atomic mass is 16.5. The molecule has 0 aromatic heterocycles. The van der Waals surface area contributed by atoms with Crippen molar-refractivity contribution in [2.75, 3.05) is 0 Å². The summed E-state index contributed by atoms with van der Waals surface area (Å²) in [6, 6.07) is 22.6. The van der Waals surface area contributed by atoms with Crippen LogP contribution in [0.5, 0.6) is 5.75 Å². The fourth-order valence-corrected chi connectivity index (χ4v) is 2.93. The van der Waals surface area contributed by atoms with Gasteiger partial charge in [-0.1, -0.05) is 43.0 Å². The Morgan fingerprint density at radius 1 is 0.783 bits per heavy atom. The number of carbonyl (C=O) groups excluding carboxylic acids is 1. The van der Waals surface area contributed by atoms with Gasteiger partial charge in [0.15, 0.2) is 0 Å². The van der Waals surface area contributed by atoms with Crippen molar-refractivity contribution in [2.45, 2.75) is 0 Å². The summed E-state index contributed by atoms with van der Waals surface area (Å²) in [7, 11) is 0. The van der Waals surface area contributed by atoms with E-state index in [4.69, 9.17) is 4.74 Å². The van der Waals surface area contributed by atoms with Gasteiger partial charge in [0.2, 0.25) is 0 Å². The lowest BCUT2D eigenvalue weighted by molar-refractivity contribution is -0.128. The molecule has 2 nitrogen and oxygen atoms in total. The summed E-state index contributed by atoms with van der Waals surface area (Å²) in [5.41, 5.74) is 0. The molecule has 110 valence electrons. The van der Waals surface area contributed by atoms with Gasteiger partial charge in [0.1, 0.15) is 5.75 Å². The zero-order valence-electron chi connectivity index (χ0n) is 12.5. The van der Waals surface area contributed by atoms with Gasteiger partial charge in [0.25, 0.3) is 0 Å². The van der Waals surface area contributed by atoms with E-state index in [1.165, 1.54) is 22.2 Å². The average Bonchev–Trinajstić information content (AvgIpc) is 2.58. The van der Waals surface area contributed by atoms with Crippen molar-refractivity contribution in [3.63, 3.8) is 0 Å². The summed E-state index contributed by atoms with van der Waals surface area (Å²) < 4.78 is 5.36. The van der Waals surface area contributed by atoms with Crippen molar-refractivity contribution in [3.05, 3.63) is 79.4 Å². The minimum absolute atomic E-state index is 0.448. The molecule has 0 unspecified atom stereocenters. The van der Waals surface area contributed by atoms with Crippen LogP contribution in [-0.2, 0) is 4.79 Å². The van der Waals surface area contributed by atoms with Gasteiger partial charge in [-0.15, -0.1) is 0 Å². The summed E-state index contributed by atoms with van der Waals surface area (Å²) in [5.74, 6) is 0.110. The van der Waals surface area contributed by atoms with E-state index in [1.54, 1.807) is 6.07 Å². The number of carbonyl (C=O) groups is 1. The van der Waals surface area contributed by atoms with Crippen LogP contribution in [0, 0.1) is 0 Å². The molecule has 0 radical (unpaired) electrons. The second-order valence-electron chi connectivity index (χ2n) is 5.50. The first-order valence-corrected chi connectivity index (χ1v) is 7.44. The van der Waals surface area contributed by atoms with E-state index in [0.717, 1.165) is 16.2 Å². The highest BCUT2D eigenvalue weighted by Gasteiger charge is 2.07. The zero-order valence-corrected chi connectivity index (χ0v) is 12.5. The molecular formula is C21H14O2. The van der Waals surface area contributed by atoms with Crippen LogP contribution in [-0.4, -0.2) is 5.97 Å². The van der Waals surface area contributed by atoms with Crippen LogP contribution >= 0.6 is 0 Å².